The summed E-state index contributed by atoms with van der Waals surface area (Å²) in [5.41, 5.74) is 2.85. The zero-order chi connectivity index (χ0) is 15.5. The Morgan fingerprint density at radius 1 is 1.36 bits per heavy atom. The molecule has 1 heterocycles. The van der Waals surface area contributed by atoms with Crippen LogP contribution in [-0.2, 0) is 0 Å². The summed E-state index contributed by atoms with van der Waals surface area (Å²) < 4.78 is 0. The lowest BCUT2D eigenvalue weighted by molar-refractivity contribution is 0.0963. The first-order valence-corrected chi connectivity index (χ1v) is 7.43. The molecule has 0 spiro atoms. The Kier molecular flexibility index (Phi) is 3.96. The van der Waals surface area contributed by atoms with Crippen LogP contribution < -0.4 is 10.6 Å². The highest BCUT2D eigenvalue weighted by molar-refractivity contribution is 5.99. The van der Waals surface area contributed by atoms with Crippen molar-refractivity contribution in [3.05, 3.63) is 42.1 Å². The number of anilines is 1. The first kappa shape index (κ1) is 14.4. The molecule has 22 heavy (non-hydrogen) atoms. The van der Waals surface area contributed by atoms with Gasteiger partial charge in [-0.05, 0) is 37.0 Å². The monoisotopic (exact) mass is 297 g/mol. The van der Waals surface area contributed by atoms with E-state index in [4.69, 9.17) is 0 Å². The number of benzene rings is 1. The van der Waals surface area contributed by atoms with E-state index in [-0.39, 0.29) is 11.7 Å². The zero-order valence-corrected chi connectivity index (χ0v) is 12.5. The summed E-state index contributed by atoms with van der Waals surface area (Å²) in [6.07, 6.45) is 4.06. The molecule has 0 atom stereocenters. The van der Waals surface area contributed by atoms with E-state index >= 15 is 0 Å². The molecule has 2 aromatic rings. The van der Waals surface area contributed by atoms with Crippen LogP contribution >= 0.6 is 0 Å². The maximum Gasteiger partial charge on any atom is 0.254 e. The summed E-state index contributed by atoms with van der Waals surface area (Å²) in [5.74, 6) is 0.741. The van der Waals surface area contributed by atoms with E-state index in [9.17, 15) is 9.90 Å². The second kappa shape index (κ2) is 6.05. The molecule has 0 bridgehead atoms. The smallest absolute Gasteiger partial charge is 0.254 e. The maximum absolute atomic E-state index is 12.0. The Hall–Kier alpha value is -2.56. The van der Waals surface area contributed by atoms with E-state index in [2.05, 4.69) is 15.6 Å². The van der Waals surface area contributed by atoms with Gasteiger partial charge in [0.15, 0.2) is 0 Å². The van der Waals surface area contributed by atoms with Crippen LogP contribution in [0, 0.1) is 5.92 Å². The highest BCUT2D eigenvalue weighted by Crippen LogP contribution is 2.30. The number of aromatic nitrogens is 1. The van der Waals surface area contributed by atoms with Crippen molar-refractivity contribution < 1.29 is 9.90 Å². The zero-order valence-electron chi connectivity index (χ0n) is 12.5. The first-order chi connectivity index (χ1) is 10.7. The third-order valence-electron chi connectivity index (χ3n) is 3.80. The van der Waals surface area contributed by atoms with E-state index in [1.54, 1.807) is 31.4 Å². The fourth-order valence-corrected chi connectivity index (χ4v) is 2.32. The first-order valence-electron chi connectivity index (χ1n) is 7.43. The highest BCUT2D eigenvalue weighted by atomic mass is 16.3. The Labute approximate surface area is 129 Å². The van der Waals surface area contributed by atoms with Gasteiger partial charge in [-0.25, -0.2) is 0 Å². The van der Waals surface area contributed by atoms with Crippen LogP contribution in [0.5, 0.6) is 5.75 Å². The molecule has 1 aromatic carbocycles. The van der Waals surface area contributed by atoms with Gasteiger partial charge in [-0.2, -0.15) is 0 Å². The van der Waals surface area contributed by atoms with Crippen molar-refractivity contribution in [2.24, 2.45) is 5.92 Å². The predicted molar refractivity (Wildman–Crippen MR) is 85.9 cm³/mol. The number of pyridine rings is 1. The van der Waals surface area contributed by atoms with Crippen molar-refractivity contribution >= 4 is 11.6 Å². The molecule has 114 valence electrons. The van der Waals surface area contributed by atoms with Crippen LogP contribution in [-0.4, -0.2) is 29.6 Å². The molecular weight excluding hydrogens is 278 g/mol. The van der Waals surface area contributed by atoms with Crippen molar-refractivity contribution in [1.82, 2.24) is 10.3 Å². The number of phenolic OH excluding ortho intramolecular Hbond substituents is 1. The lowest BCUT2D eigenvalue weighted by Gasteiger charge is -2.12. The standard InChI is InChI=1S/C17H19N3O2/c1-18-17(22)14-10-20-15(12-3-2-4-13(21)7-12)8-16(14)19-9-11-5-6-11/h2-4,7-8,10-11,21H,5-6,9H2,1H3,(H,18,22)(H,19,20). The second-order valence-electron chi connectivity index (χ2n) is 5.57. The van der Waals surface area contributed by atoms with Crippen molar-refractivity contribution in [1.29, 1.82) is 0 Å². The van der Waals surface area contributed by atoms with E-state index in [1.807, 2.05) is 12.1 Å². The molecule has 5 heteroatoms. The summed E-state index contributed by atoms with van der Waals surface area (Å²) in [6.45, 7) is 0.869. The van der Waals surface area contributed by atoms with Crippen LogP contribution in [0.4, 0.5) is 5.69 Å². The van der Waals surface area contributed by atoms with E-state index in [1.165, 1.54) is 12.8 Å². The van der Waals surface area contributed by atoms with E-state index < -0.39 is 0 Å². The van der Waals surface area contributed by atoms with Crippen molar-refractivity contribution in [2.45, 2.75) is 12.8 Å². The number of aromatic hydroxyl groups is 1. The Balaban J connectivity index is 1.94. The molecule has 1 saturated carbocycles. The van der Waals surface area contributed by atoms with Crippen LogP contribution in [0.15, 0.2) is 36.5 Å². The van der Waals surface area contributed by atoms with Crippen LogP contribution in [0.1, 0.15) is 23.2 Å². The number of nitrogens with zero attached hydrogens (tertiary/aromatic N) is 1. The largest absolute Gasteiger partial charge is 0.508 e. The Morgan fingerprint density at radius 2 is 2.18 bits per heavy atom. The highest BCUT2D eigenvalue weighted by Gasteiger charge is 2.22. The molecular formula is C17H19N3O2. The fraction of sp³-hybridized carbons (Fsp3) is 0.294. The van der Waals surface area contributed by atoms with Crippen molar-refractivity contribution in [3.63, 3.8) is 0 Å². The summed E-state index contributed by atoms with van der Waals surface area (Å²) in [6, 6.07) is 8.80. The number of amides is 1. The molecule has 3 N–H and O–H groups in total. The molecule has 3 rings (SSSR count). The van der Waals surface area contributed by atoms with Gasteiger partial charge in [-0.1, -0.05) is 12.1 Å². The summed E-state index contributed by atoms with van der Waals surface area (Å²) >= 11 is 0. The van der Waals surface area contributed by atoms with Gasteiger partial charge in [0.1, 0.15) is 5.75 Å². The van der Waals surface area contributed by atoms with Crippen molar-refractivity contribution in [2.75, 3.05) is 18.9 Å². The van der Waals surface area contributed by atoms with Gasteiger partial charge in [-0.3, -0.25) is 9.78 Å². The fourth-order valence-electron chi connectivity index (χ4n) is 2.32. The molecule has 0 saturated heterocycles. The topological polar surface area (TPSA) is 74.2 Å². The van der Waals surface area contributed by atoms with Gasteiger partial charge in [0.25, 0.3) is 5.91 Å². The van der Waals surface area contributed by atoms with Crippen molar-refractivity contribution in [3.8, 4) is 17.0 Å². The number of phenols is 1. The summed E-state index contributed by atoms with van der Waals surface area (Å²) in [4.78, 5) is 16.3. The molecule has 0 aliphatic heterocycles. The number of rotatable bonds is 5. The molecule has 5 nitrogen and oxygen atoms in total. The molecule has 1 aliphatic carbocycles. The van der Waals surface area contributed by atoms with Gasteiger partial charge in [-0.15, -0.1) is 0 Å². The molecule has 1 fully saturated rings. The number of hydrogen-bond donors (Lipinski definition) is 3. The van der Waals surface area contributed by atoms with Crippen LogP contribution in [0.3, 0.4) is 0 Å². The van der Waals surface area contributed by atoms with E-state index in [0.717, 1.165) is 23.5 Å². The SMILES string of the molecule is CNC(=O)c1cnc(-c2cccc(O)c2)cc1NCC1CC1. The number of nitrogens with one attached hydrogen (secondary N) is 2. The average Bonchev–Trinajstić information content (AvgIpc) is 3.36. The summed E-state index contributed by atoms with van der Waals surface area (Å²) in [5, 5.41) is 15.6. The normalized spacial score (nSPS) is 13.7. The second-order valence-corrected chi connectivity index (χ2v) is 5.57. The van der Waals surface area contributed by atoms with Gasteiger partial charge in [0.2, 0.25) is 0 Å². The third-order valence-corrected chi connectivity index (χ3v) is 3.80. The molecule has 1 amide bonds. The molecule has 1 aromatic heterocycles. The van der Waals surface area contributed by atoms with Gasteiger partial charge < -0.3 is 15.7 Å². The number of carbonyl (C=O) groups excluding carboxylic acids is 1. The predicted octanol–water partition coefficient (Wildman–Crippen LogP) is 2.64. The van der Waals surface area contributed by atoms with Gasteiger partial charge >= 0.3 is 0 Å². The lowest BCUT2D eigenvalue weighted by atomic mass is 10.1. The molecule has 1 aliphatic rings. The minimum atomic E-state index is -0.159. The molecule has 0 radical (unpaired) electrons. The Morgan fingerprint density at radius 3 is 2.86 bits per heavy atom. The Bertz CT molecular complexity index is 696. The number of carbonyl (C=O) groups is 1. The third kappa shape index (κ3) is 3.19. The quantitative estimate of drug-likeness (QED) is 0.793. The average molecular weight is 297 g/mol. The van der Waals surface area contributed by atoms with Gasteiger partial charge in [0.05, 0.1) is 16.9 Å². The van der Waals surface area contributed by atoms with Crippen LogP contribution in [0.25, 0.3) is 11.3 Å². The lowest BCUT2D eigenvalue weighted by Crippen LogP contribution is -2.20. The van der Waals surface area contributed by atoms with E-state index in [0.29, 0.717) is 11.5 Å². The van der Waals surface area contributed by atoms with Gasteiger partial charge in [0, 0.05) is 25.4 Å². The number of hydrogen-bond acceptors (Lipinski definition) is 4. The van der Waals surface area contributed by atoms with Crippen LogP contribution in [0.2, 0.25) is 0 Å². The minimum Gasteiger partial charge on any atom is -0.508 e. The minimum absolute atomic E-state index is 0.159. The maximum atomic E-state index is 12.0. The summed E-state index contributed by atoms with van der Waals surface area (Å²) in [7, 11) is 1.61. The molecule has 0 unspecified atom stereocenters.